The lowest BCUT2D eigenvalue weighted by atomic mass is 10.2. The standard InChI is InChI=1S/C26H27N5O6S/c1-34-16-17-36-26-22(37-21-12-7-6-11-20(21)35-2)23(29-25(30-26)24-27-14-8-15-28-24)31-38(32,33)18-13-19-9-4-3-5-10-19/h3-12,14-15H,13,16-18H2,1-2H3,(H,29,30,31). The molecule has 0 unspecified atom stereocenters. The first kappa shape index (κ1) is 26.8. The fourth-order valence-corrected chi connectivity index (χ4v) is 4.37. The van der Waals surface area contributed by atoms with Gasteiger partial charge in [-0.15, -0.1) is 0 Å². The first-order valence-corrected chi connectivity index (χ1v) is 13.3. The number of rotatable bonds is 13. The lowest BCUT2D eigenvalue weighted by Crippen LogP contribution is -2.20. The van der Waals surface area contributed by atoms with Crippen LogP contribution in [-0.4, -0.2) is 61.5 Å². The van der Waals surface area contributed by atoms with E-state index in [4.69, 9.17) is 18.9 Å². The number of para-hydroxylation sites is 2. The van der Waals surface area contributed by atoms with Gasteiger partial charge in [-0.3, -0.25) is 4.72 Å². The predicted molar refractivity (Wildman–Crippen MR) is 141 cm³/mol. The van der Waals surface area contributed by atoms with Crippen LogP contribution in [-0.2, 0) is 21.2 Å². The molecule has 11 nitrogen and oxygen atoms in total. The van der Waals surface area contributed by atoms with E-state index in [0.29, 0.717) is 17.9 Å². The molecule has 0 saturated heterocycles. The van der Waals surface area contributed by atoms with Gasteiger partial charge in [0, 0.05) is 19.5 Å². The molecular weight excluding hydrogens is 510 g/mol. The Kier molecular flexibility index (Phi) is 9.01. The number of aryl methyl sites for hydroxylation is 1. The summed E-state index contributed by atoms with van der Waals surface area (Å²) in [6.45, 7) is 0.374. The summed E-state index contributed by atoms with van der Waals surface area (Å²) >= 11 is 0. The lowest BCUT2D eigenvalue weighted by Gasteiger charge is -2.18. The maximum Gasteiger partial charge on any atom is 0.263 e. The molecule has 0 aliphatic heterocycles. The molecule has 0 amide bonds. The van der Waals surface area contributed by atoms with Crippen LogP contribution >= 0.6 is 0 Å². The van der Waals surface area contributed by atoms with Gasteiger partial charge in [0.1, 0.15) is 6.61 Å². The second kappa shape index (κ2) is 12.8. The van der Waals surface area contributed by atoms with Gasteiger partial charge in [0.15, 0.2) is 23.1 Å². The molecule has 4 rings (SSSR count). The normalized spacial score (nSPS) is 11.1. The topological polar surface area (TPSA) is 135 Å². The number of ether oxygens (including phenoxy) is 4. The highest BCUT2D eigenvalue weighted by atomic mass is 32.2. The van der Waals surface area contributed by atoms with Crippen molar-refractivity contribution < 1.29 is 27.4 Å². The summed E-state index contributed by atoms with van der Waals surface area (Å²) in [5, 5.41) is 0. The largest absolute Gasteiger partial charge is 0.493 e. The van der Waals surface area contributed by atoms with Gasteiger partial charge in [-0.1, -0.05) is 42.5 Å². The third-order valence-electron chi connectivity index (χ3n) is 5.16. The number of benzene rings is 2. The van der Waals surface area contributed by atoms with Crippen LogP contribution in [0.3, 0.4) is 0 Å². The number of hydrogen-bond donors (Lipinski definition) is 1. The van der Waals surface area contributed by atoms with Gasteiger partial charge in [-0.2, -0.15) is 4.98 Å². The number of nitrogens with zero attached hydrogens (tertiary/aromatic N) is 4. The minimum absolute atomic E-state index is 0.0221. The molecule has 38 heavy (non-hydrogen) atoms. The van der Waals surface area contributed by atoms with E-state index in [1.54, 1.807) is 30.3 Å². The van der Waals surface area contributed by atoms with Crippen molar-refractivity contribution in [3.8, 4) is 34.8 Å². The molecule has 4 aromatic rings. The fourth-order valence-electron chi connectivity index (χ4n) is 3.33. The average molecular weight is 538 g/mol. The van der Waals surface area contributed by atoms with Crippen molar-refractivity contribution in [2.24, 2.45) is 0 Å². The summed E-state index contributed by atoms with van der Waals surface area (Å²) in [6, 6.07) is 17.9. The average Bonchev–Trinajstić information content (AvgIpc) is 2.94. The Bertz CT molecular complexity index is 1440. The summed E-state index contributed by atoms with van der Waals surface area (Å²) in [5.41, 5.74) is 0.882. The Labute approximate surface area is 220 Å². The van der Waals surface area contributed by atoms with E-state index in [1.165, 1.54) is 26.6 Å². The molecule has 0 bridgehead atoms. The second-order valence-corrected chi connectivity index (χ2v) is 9.70. The highest BCUT2D eigenvalue weighted by molar-refractivity contribution is 7.92. The Hall–Kier alpha value is -4.29. The zero-order valence-corrected chi connectivity index (χ0v) is 21.7. The predicted octanol–water partition coefficient (Wildman–Crippen LogP) is 3.74. The quantitative estimate of drug-likeness (QED) is 0.251. The van der Waals surface area contributed by atoms with Gasteiger partial charge < -0.3 is 18.9 Å². The van der Waals surface area contributed by atoms with Crippen molar-refractivity contribution in [3.05, 3.63) is 78.6 Å². The molecule has 198 valence electrons. The minimum atomic E-state index is -3.88. The third kappa shape index (κ3) is 7.14. The van der Waals surface area contributed by atoms with E-state index in [2.05, 4.69) is 24.7 Å². The van der Waals surface area contributed by atoms with Crippen molar-refractivity contribution in [2.75, 3.05) is 37.9 Å². The highest BCUT2D eigenvalue weighted by Gasteiger charge is 2.25. The number of sulfonamides is 1. The first-order chi connectivity index (χ1) is 18.5. The molecule has 2 aromatic heterocycles. The van der Waals surface area contributed by atoms with Gasteiger partial charge in [0.25, 0.3) is 5.88 Å². The molecule has 0 spiro atoms. The minimum Gasteiger partial charge on any atom is -0.493 e. The first-order valence-electron chi connectivity index (χ1n) is 11.7. The number of anilines is 1. The Balaban J connectivity index is 1.77. The maximum absolute atomic E-state index is 13.2. The smallest absolute Gasteiger partial charge is 0.263 e. The SMILES string of the molecule is COCCOc1nc(-c2ncccn2)nc(NS(=O)(=O)CCc2ccccc2)c1Oc1ccccc1OC. The van der Waals surface area contributed by atoms with Crippen LogP contribution in [0.15, 0.2) is 73.1 Å². The van der Waals surface area contributed by atoms with Crippen LogP contribution in [0.4, 0.5) is 5.82 Å². The molecule has 0 radical (unpaired) electrons. The van der Waals surface area contributed by atoms with E-state index in [0.717, 1.165) is 5.56 Å². The van der Waals surface area contributed by atoms with Crippen molar-refractivity contribution in [2.45, 2.75) is 6.42 Å². The summed E-state index contributed by atoms with van der Waals surface area (Å²) in [6.07, 6.45) is 3.36. The number of hydrogen-bond acceptors (Lipinski definition) is 10. The number of methoxy groups -OCH3 is 2. The molecular formula is C26H27N5O6S. The van der Waals surface area contributed by atoms with Gasteiger partial charge >= 0.3 is 0 Å². The third-order valence-corrected chi connectivity index (χ3v) is 6.41. The van der Waals surface area contributed by atoms with E-state index in [1.807, 2.05) is 30.3 Å². The van der Waals surface area contributed by atoms with Crippen LogP contribution in [0.5, 0.6) is 23.1 Å². The molecule has 2 heterocycles. The highest BCUT2D eigenvalue weighted by Crippen LogP contribution is 2.41. The van der Waals surface area contributed by atoms with Gasteiger partial charge in [-0.25, -0.2) is 23.4 Å². The molecule has 0 saturated carbocycles. The Morgan fingerprint density at radius 3 is 2.24 bits per heavy atom. The zero-order chi connectivity index (χ0) is 26.8. The molecule has 2 aromatic carbocycles. The van der Waals surface area contributed by atoms with Crippen molar-refractivity contribution in [1.82, 2.24) is 19.9 Å². The van der Waals surface area contributed by atoms with Crippen molar-refractivity contribution in [1.29, 1.82) is 0 Å². The van der Waals surface area contributed by atoms with E-state index >= 15 is 0 Å². The van der Waals surface area contributed by atoms with Crippen LogP contribution < -0.4 is 18.9 Å². The molecule has 0 aliphatic rings. The zero-order valence-electron chi connectivity index (χ0n) is 20.9. The summed E-state index contributed by atoms with van der Waals surface area (Å²) in [5.74, 6) is 0.566. The van der Waals surface area contributed by atoms with E-state index in [9.17, 15) is 8.42 Å². The van der Waals surface area contributed by atoms with Gasteiger partial charge in [-0.05, 0) is 30.2 Å². The van der Waals surface area contributed by atoms with Gasteiger partial charge in [0.2, 0.25) is 21.6 Å². The lowest BCUT2D eigenvalue weighted by molar-refractivity contribution is 0.142. The molecule has 12 heteroatoms. The molecule has 1 N–H and O–H groups in total. The number of aromatic nitrogens is 4. The number of nitrogens with one attached hydrogen (secondary N) is 1. The van der Waals surface area contributed by atoms with Crippen LogP contribution in [0.1, 0.15) is 5.56 Å². The summed E-state index contributed by atoms with van der Waals surface area (Å²) < 4.78 is 51.3. The van der Waals surface area contributed by atoms with E-state index in [-0.39, 0.29) is 48.1 Å². The van der Waals surface area contributed by atoms with Crippen LogP contribution in [0.25, 0.3) is 11.6 Å². The summed E-state index contributed by atoms with van der Waals surface area (Å²) in [4.78, 5) is 17.2. The van der Waals surface area contributed by atoms with Crippen LogP contribution in [0, 0.1) is 0 Å². The molecule has 0 aliphatic carbocycles. The Morgan fingerprint density at radius 1 is 0.816 bits per heavy atom. The van der Waals surface area contributed by atoms with Crippen molar-refractivity contribution in [3.63, 3.8) is 0 Å². The fraction of sp³-hybridized carbons (Fsp3) is 0.231. The second-order valence-electron chi connectivity index (χ2n) is 7.85. The maximum atomic E-state index is 13.2. The monoisotopic (exact) mass is 537 g/mol. The summed E-state index contributed by atoms with van der Waals surface area (Å²) in [7, 11) is -0.846. The van der Waals surface area contributed by atoms with Crippen LogP contribution in [0.2, 0.25) is 0 Å². The van der Waals surface area contributed by atoms with E-state index < -0.39 is 10.0 Å². The Morgan fingerprint density at radius 2 is 1.53 bits per heavy atom. The molecule has 0 atom stereocenters. The van der Waals surface area contributed by atoms with Gasteiger partial charge in [0.05, 0.1) is 19.5 Å². The molecule has 0 fully saturated rings. The van der Waals surface area contributed by atoms with Crippen molar-refractivity contribution >= 4 is 15.8 Å².